The van der Waals surface area contributed by atoms with Gasteiger partial charge in [0.2, 0.25) is 0 Å². The molecule has 3 rings (SSSR count). The second-order valence-electron chi connectivity index (χ2n) is 5.55. The summed E-state index contributed by atoms with van der Waals surface area (Å²) in [6.07, 6.45) is 8.54. The van der Waals surface area contributed by atoms with Crippen molar-refractivity contribution >= 4 is 5.71 Å². The van der Waals surface area contributed by atoms with E-state index in [0.717, 1.165) is 37.1 Å². The summed E-state index contributed by atoms with van der Waals surface area (Å²) in [5, 5.41) is 0. The number of hydrazine groups is 1. The van der Waals surface area contributed by atoms with Gasteiger partial charge in [-0.05, 0) is 49.8 Å². The lowest BCUT2D eigenvalue weighted by molar-refractivity contribution is 0.744. The van der Waals surface area contributed by atoms with Crippen LogP contribution in [0.4, 0.5) is 0 Å². The van der Waals surface area contributed by atoms with Crippen molar-refractivity contribution in [2.45, 2.75) is 38.6 Å². The van der Waals surface area contributed by atoms with Crippen LogP contribution in [0.5, 0.6) is 0 Å². The second-order valence-corrected chi connectivity index (χ2v) is 5.55. The number of aliphatic imine (C=N–C) groups is 1. The number of benzene rings is 1. The van der Waals surface area contributed by atoms with E-state index in [4.69, 9.17) is 10.8 Å². The number of nitrogens with zero attached hydrogens (tertiary/aromatic N) is 1. The van der Waals surface area contributed by atoms with Crippen LogP contribution in [0.15, 0.2) is 52.7 Å². The van der Waals surface area contributed by atoms with Crippen LogP contribution < -0.4 is 11.3 Å². The van der Waals surface area contributed by atoms with E-state index in [0.29, 0.717) is 0 Å². The van der Waals surface area contributed by atoms with Crippen molar-refractivity contribution in [1.29, 1.82) is 0 Å². The average Bonchev–Trinajstić information content (AvgIpc) is 2.61. The Bertz CT molecular complexity index is 596. The second kappa shape index (κ2) is 5.63. The third kappa shape index (κ3) is 2.54. The summed E-state index contributed by atoms with van der Waals surface area (Å²) in [4.78, 5) is 4.96. The Hall–Kier alpha value is -1.87. The van der Waals surface area contributed by atoms with Crippen molar-refractivity contribution in [1.82, 2.24) is 5.43 Å². The summed E-state index contributed by atoms with van der Waals surface area (Å²) in [5.74, 6) is 5.62. The zero-order valence-electron chi connectivity index (χ0n) is 11.9. The lowest BCUT2D eigenvalue weighted by Crippen LogP contribution is -2.22. The van der Waals surface area contributed by atoms with Crippen molar-refractivity contribution in [3.05, 3.63) is 58.8 Å². The summed E-state index contributed by atoms with van der Waals surface area (Å²) in [6.45, 7) is 2.16. The van der Waals surface area contributed by atoms with Crippen molar-refractivity contribution in [2.75, 3.05) is 0 Å². The first-order chi connectivity index (χ1) is 9.78. The number of aryl methyl sites for hydroxylation is 1. The van der Waals surface area contributed by atoms with Crippen LogP contribution in [0.3, 0.4) is 0 Å². The third-order valence-corrected chi connectivity index (χ3v) is 3.99. The molecule has 0 aromatic heterocycles. The van der Waals surface area contributed by atoms with Gasteiger partial charge in [-0.1, -0.05) is 30.3 Å². The maximum atomic E-state index is 5.62. The van der Waals surface area contributed by atoms with Crippen molar-refractivity contribution in [3.8, 4) is 0 Å². The number of hydrogen-bond acceptors (Lipinski definition) is 3. The van der Waals surface area contributed by atoms with E-state index in [9.17, 15) is 0 Å². The number of allylic oxidation sites excluding steroid dienone is 2. The van der Waals surface area contributed by atoms with Gasteiger partial charge in [-0.25, -0.2) is 0 Å². The Balaban J connectivity index is 2.15. The third-order valence-electron chi connectivity index (χ3n) is 3.99. The molecule has 1 aliphatic carbocycles. The fourth-order valence-electron chi connectivity index (χ4n) is 2.94. The highest BCUT2D eigenvalue weighted by Crippen LogP contribution is 2.27. The number of hydrogen-bond donors (Lipinski definition) is 2. The Labute approximate surface area is 120 Å². The molecule has 1 heterocycles. The zero-order chi connectivity index (χ0) is 13.9. The monoisotopic (exact) mass is 267 g/mol. The van der Waals surface area contributed by atoms with Crippen molar-refractivity contribution in [2.24, 2.45) is 10.8 Å². The number of nitrogens with two attached hydrogens (primary N) is 1. The molecule has 1 aliphatic heterocycles. The Morgan fingerprint density at radius 2 is 2.10 bits per heavy atom. The van der Waals surface area contributed by atoms with E-state index >= 15 is 0 Å². The molecule has 0 amide bonds. The minimum Gasteiger partial charge on any atom is -0.324 e. The number of rotatable bonds is 1. The fraction of sp³-hybridized carbons (Fsp3) is 0.353. The molecular formula is C17H21N3. The molecular weight excluding hydrogens is 246 g/mol. The molecule has 20 heavy (non-hydrogen) atoms. The molecule has 0 saturated carbocycles. The standard InChI is InChI=1S/C17H21N3/c1-12-9-10-15(20-18)11-14-7-4-6-13-5-2-3-8-16(13)17(14)19-12/h2-3,5,8,10-12,20H,4,6-7,9,18H2,1H3/b14-11-,15-10-,19-17?. The van der Waals surface area contributed by atoms with Gasteiger partial charge < -0.3 is 5.43 Å². The molecule has 1 aromatic carbocycles. The van der Waals surface area contributed by atoms with Crippen LogP contribution >= 0.6 is 0 Å². The molecule has 1 atom stereocenters. The predicted molar refractivity (Wildman–Crippen MR) is 83.5 cm³/mol. The van der Waals surface area contributed by atoms with Crippen molar-refractivity contribution in [3.63, 3.8) is 0 Å². The summed E-state index contributed by atoms with van der Waals surface area (Å²) >= 11 is 0. The number of fused-ring (bicyclic) bond motifs is 3. The normalized spacial score (nSPS) is 27.3. The maximum absolute atomic E-state index is 5.62. The highest BCUT2D eigenvalue weighted by atomic mass is 15.2. The molecule has 0 saturated heterocycles. The van der Waals surface area contributed by atoms with Gasteiger partial charge in [0, 0.05) is 11.3 Å². The largest absolute Gasteiger partial charge is 0.324 e. The minimum absolute atomic E-state index is 0.281. The molecule has 0 radical (unpaired) electrons. The van der Waals surface area contributed by atoms with E-state index in [1.165, 1.54) is 16.7 Å². The lowest BCUT2D eigenvalue weighted by atomic mass is 9.96. The predicted octanol–water partition coefficient (Wildman–Crippen LogP) is 2.88. The lowest BCUT2D eigenvalue weighted by Gasteiger charge is -2.17. The van der Waals surface area contributed by atoms with Crippen LogP contribution in [0.1, 0.15) is 37.3 Å². The van der Waals surface area contributed by atoms with E-state index in [1.54, 1.807) is 0 Å². The zero-order valence-corrected chi connectivity index (χ0v) is 11.9. The molecule has 2 aliphatic rings. The highest BCUT2D eigenvalue weighted by molar-refractivity contribution is 6.14. The van der Waals surface area contributed by atoms with Gasteiger partial charge in [0.1, 0.15) is 0 Å². The molecule has 3 nitrogen and oxygen atoms in total. The first kappa shape index (κ1) is 13.1. The smallest absolute Gasteiger partial charge is 0.0685 e. The minimum atomic E-state index is 0.281. The molecule has 3 N–H and O–H groups in total. The SMILES string of the molecule is CC1C/C=C(NN)/C=C2/CCCc3ccccc3C2=N1. The van der Waals surface area contributed by atoms with E-state index < -0.39 is 0 Å². The Morgan fingerprint density at radius 3 is 2.95 bits per heavy atom. The van der Waals surface area contributed by atoms with Crippen molar-refractivity contribution < 1.29 is 0 Å². The van der Waals surface area contributed by atoms with Gasteiger partial charge in [0.05, 0.1) is 11.8 Å². The van der Waals surface area contributed by atoms with Gasteiger partial charge in [-0.15, -0.1) is 0 Å². The topological polar surface area (TPSA) is 50.4 Å². The first-order valence-corrected chi connectivity index (χ1v) is 7.31. The van der Waals surface area contributed by atoms with Crippen LogP contribution in [-0.2, 0) is 6.42 Å². The maximum Gasteiger partial charge on any atom is 0.0685 e. The Kier molecular flexibility index (Phi) is 3.70. The van der Waals surface area contributed by atoms with Gasteiger partial charge in [0.15, 0.2) is 0 Å². The van der Waals surface area contributed by atoms with E-state index in [1.807, 2.05) is 0 Å². The summed E-state index contributed by atoms with van der Waals surface area (Å²) in [7, 11) is 0. The molecule has 0 spiro atoms. The highest BCUT2D eigenvalue weighted by Gasteiger charge is 2.20. The van der Waals surface area contributed by atoms with Gasteiger partial charge in [-0.2, -0.15) is 0 Å². The van der Waals surface area contributed by atoms with Crippen LogP contribution in [0.25, 0.3) is 0 Å². The summed E-state index contributed by atoms with van der Waals surface area (Å²) in [5.41, 5.74) is 8.96. The average molecular weight is 267 g/mol. The van der Waals surface area contributed by atoms with Crippen LogP contribution in [0.2, 0.25) is 0 Å². The molecule has 0 fully saturated rings. The molecule has 0 bridgehead atoms. The van der Waals surface area contributed by atoms with Gasteiger partial charge >= 0.3 is 0 Å². The Morgan fingerprint density at radius 1 is 1.25 bits per heavy atom. The van der Waals surface area contributed by atoms with Gasteiger partial charge in [0.25, 0.3) is 0 Å². The number of nitrogens with one attached hydrogen (secondary N) is 1. The van der Waals surface area contributed by atoms with Crippen LogP contribution in [-0.4, -0.2) is 11.8 Å². The quantitative estimate of drug-likeness (QED) is 0.607. The summed E-state index contributed by atoms with van der Waals surface area (Å²) < 4.78 is 0. The van der Waals surface area contributed by atoms with Crippen LogP contribution in [0, 0.1) is 0 Å². The molecule has 104 valence electrons. The molecule has 1 aromatic rings. The van der Waals surface area contributed by atoms with E-state index in [2.05, 4.69) is 48.8 Å². The molecule has 1 unspecified atom stereocenters. The fourth-order valence-corrected chi connectivity index (χ4v) is 2.94. The first-order valence-electron chi connectivity index (χ1n) is 7.31. The van der Waals surface area contributed by atoms with Gasteiger partial charge in [-0.3, -0.25) is 10.8 Å². The van der Waals surface area contributed by atoms with E-state index in [-0.39, 0.29) is 6.04 Å². The summed E-state index contributed by atoms with van der Waals surface area (Å²) in [6, 6.07) is 8.92. The molecule has 3 heteroatoms.